The Morgan fingerprint density at radius 1 is 1.07 bits per heavy atom. The van der Waals surface area contributed by atoms with Gasteiger partial charge in [0.15, 0.2) is 6.61 Å². The predicted octanol–water partition coefficient (Wildman–Crippen LogP) is 5.14. The summed E-state index contributed by atoms with van der Waals surface area (Å²) < 4.78 is 6.31. The summed E-state index contributed by atoms with van der Waals surface area (Å²) >= 11 is 9.41. The SMILES string of the molecule is O=C(COc1ccc(Br)cc1Cl)Nc1cccc(C(=O)N2CCCCCC2)c1. The van der Waals surface area contributed by atoms with Crippen LogP contribution in [-0.2, 0) is 4.79 Å². The van der Waals surface area contributed by atoms with Crippen molar-refractivity contribution in [1.82, 2.24) is 4.90 Å². The van der Waals surface area contributed by atoms with Gasteiger partial charge in [0.2, 0.25) is 0 Å². The van der Waals surface area contributed by atoms with Gasteiger partial charge in [-0.15, -0.1) is 0 Å². The molecule has 1 heterocycles. The Kier molecular flexibility index (Phi) is 7.34. The molecule has 5 nitrogen and oxygen atoms in total. The Balaban J connectivity index is 1.58. The number of amides is 2. The number of benzene rings is 2. The van der Waals surface area contributed by atoms with E-state index in [1.165, 1.54) is 12.8 Å². The number of carbonyl (C=O) groups excluding carboxylic acids is 2. The van der Waals surface area contributed by atoms with Crippen LogP contribution in [0.25, 0.3) is 0 Å². The number of rotatable bonds is 5. The van der Waals surface area contributed by atoms with Crippen molar-refractivity contribution in [3.63, 3.8) is 0 Å². The van der Waals surface area contributed by atoms with E-state index in [-0.39, 0.29) is 18.4 Å². The van der Waals surface area contributed by atoms with E-state index < -0.39 is 0 Å². The van der Waals surface area contributed by atoms with Crippen LogP contribution in [0.5, 0.6) is 5.75 Å². The topological polar surface area (TPSA) is 58.6 Å². The molecule has 0 atom stereocenters. The lowest BCUT2D eigenvalue weighted by Crippen LogP contribution is -2.31. The van der Waals surface area contributed by atoms with Crippen LogP contribution >= 0.6 is 27.5 Å². The van der Waals surface area contributed by atoms with Gasteiger partial charge in [0.1, 0.15) is 5.75 Å². The zero-order chi connectivity index (χ0) is 19.9. The molecule has 1 saturated heterocycles. The second kappa shape index (κ2) is 9.94. The van der Waals surface area contributed by atoms with Gasteiger partial charge in [-0.1, -0.05) is 46.4 Å². The van der Waals surface area contributed by atoms with Crippen LogP contribution in [0.1, 0.15) is 36.0 Å². The lowest BCUT2D eigenvalue weighted by atomic mass is 10.1. The average molecular weight is 466 g/mol. The summed E-state index contributed by atoms with van der Waals surface area (Å²) in [7, 11) is 0. The molecule has 1 aliphatic rings. The van der Waals surface area contributed by atoms with E-state index in [2.05, 4.69) is 21.2 Å². The number of likely N-dealkylation sites (tertiary alicyclic amines) is 1. The molecular formula is C21H22BrClN2O3. The van der Waals surface area contributed by atoms with Crippen molar-refractivity contribution in [2.75, 3.05) is 25.0 Å². The minimum atomic E-state index is -0.321. The highest BCUT2D eigenvalue weighted by molar-refractivity contribution is 9.10. The summed E-state index contributed by atoms with van der Waals surface area (Å²) in [6.07, 6.45) is 4.42. The van der Waals surface area contributed by atoms with Gasteiger partial charge >= 0.3 is 0 Å². The fraction of sp³-hybridized carbons (Fsp3) is 0.333. The molecule has 0 aliphatic carbocycles. The molecule has 7 heteroatoms. The number of carbonyl (C=O) groups is 2. The summed E-state index contributed by atoms with van der Waals surface area (Å²) in [5, 5.41) is 3.19. The molecule has 0 aromatic heterocycles. The molecular weight excluding hydrogens is 444 g/mol. The molecule has 1 N–H and O–H groups in total. The zero-order valence-corrected chi connectivity index (χ0v) is 17.8. The van der Waals surface area contributed by atoms with E-state index in [0.29, 0.717) is 22.0 Å². The van der Waals surface area contributed by atoms with E-state index >= 15 is 0 Å². The summed E-state index contributed by atoms with van der Waals surface area (Å²) in [5.41, 5.74) is 1.15. The summed E-state index contributed by atoms with van der Waals surface area (Å²) in [6.45, 7) is 1.40. The van der Waals surface area contributed by atoms with Crippen LogP contribution in [0, 0.1) is 0 Å². The summed E-state index contributed by atoms with van der Waals surface area (Å²) in [6, 6.07) is 12.2. The maximum atomic E-state index is 12.7. The lowest BCUT2D eigenvalue weighted by Gasteiger charge is -2.20. The van der Waals surface area contributed by atoms with Crippen LogP contribution in [0.2, 0.25) is 5.02 Å². The third-order valence-corrected chi connectivity index (χ3v) is 5.33. The molecule has 0 radical (unpaired) electrons. The number of anilines is 1. The molecule has 1 aliphatic heterocycles. The smallest absolute Gasteiger partial charge is 0.262 e. The molecule has 2 aromatic carbocycles. The molecule has 0 spiro atoms. The molecule has 148 valence electrons. The molecule has 3 rings (SSSR count). The first kappa shape index (κ1) is 20.7. The predicted molar refractivity (Wildman–Crippen MR) is 114 cm³/mol. The monoisotopic (exact) mass is 464 g/mol. The number of nitrogens with one attached hydrogen (secondary N) is 1. The fourth-order valence-corrected chi connectivity index (χ4v) is 3.85. The van der Waals surface area contributed by atoms with E-state index in [1.54, 1.807) is 42.5 Å². The van der Waals surface area contributed by atoms with Gasteiger partial charge in [0.25, 0.3) is 11.8 Å². The fourth-order valence-electron chi connectivity index (χ4n) is 3.12. The van der Waals surface area contributed by atoms with E-state index in [9.17, 15) is 9.59 Å². The maximum absolute atomic E-state index is 12.7. The molecule has 0 bridgehead atoms. The van der Waals surface area contributed by atoms with Crippen LogP contribution in [-0.4, -0.2) is 36.4 Å². The number of hydrogen-bond donors (Lipinski definition) is 1. The first-order valence-corrected chi connectivity index (χ1v) is 10.5. The highest BCUT2D eigenvalue weighted by Gasteiger charge is 2.17. The van der Waals surface area contributed by atoms with E-state index in [4.69, 9.17) is 16.3 Å². The molecule has 2 amide bonds. The van der Waals surface area contributed by atoms with Gasteiger partial charge in [0.05, 0.1) is 5.02 Å². The molecule has 1 fully saturated rings. The standard InChI is InChI=1S/C21H22BrClN2O3/c22-16-8-9-19(18(23)13-16)28-14-20(26)24-17-7-5-6-15(12-17)21(27)25-10-3-1-2-4-11-25/h5-9,12-13H,1-4,10-11,14H2,(H,24,26). The molecule has 28 heavy (non-hydrogen) atoms. The number of halogens is 2. The first-order chi connectivity index (χ1) is 13.5. The van der Waals surface area contributed by atoms with Crippen LogP contribution in [0.3, 0.4) is 0 Å². The normalized spacial score (nSPS) is 14.3. The Labute approximate surface area is 178 Å². The van der Waals surface area contributed by atoms with Crippen LogP contribution in [0.4, 0.5) is 5.69 Å². The average Bonchev–Trinajstić information content (AvgIpc) is 2.96. The van der Waals surface area contributed by atoms with Crippen molar-refractivity contribution >= 4 is 45.0 Å². The third kappa shape index (κ3) is 5.72. The van der Waals surface area contributed by atoms with Gasteiger partial charge in [-0.3, -0.25) is 9.59 Å². The van der Waals surface area contributed by atoms with Crippen molar-refractivity contribution in [3.8, 4) is 5.75 Å². The Bertz CT molecular complexity index is 851. The maximum Gasteiger partial charge on any atom is 0.262 e. The van der Waals surface area contributed by atoms with Crippen molar-refractivity contribution in [2.24, 2.45) is 0 Å². The van der Waals surface area contributed by atoms with E-state index in [0.717, 1.165) is 30.4 Å². The van der Waals surface area contributed by atoms with Gasteiger partial charge in [-0.2, -0.15) is 0 Å². The number of hydrogen-bond acceptors (Lipinski definition) is 3. The Morgan fingerprint density at radius 2 is 1.82 bits per heavy atom. The molecule has 2 aromatic rings. The van der Waals surface area contributed by atoms with Crippen molar-refractivity contribution < 1.29 is 14.3 Å². The van der Waals surface area contributed by atoms with Crippen molar-refractivity contribution in [2.45, 2.75) is 25.7 Å². The van der Waals surface area contributed by atoms with E-state index in [1.807, 2.05) is 4.90 Å². The summed E-state index contributed by atoms with van der Waals surface area (Å²) in [4.78, 5) is 26.8. The van der Waals surface area contributed by atoms with Crippen LogP contribution < -0.4 is 10.1 Å². The minimum Gasteiger partial charge on any atom is -0.482 e. The number of nitrogens with zero attached hydrogens (tertiary/aromatic N) is 1. The molecule has 0 saturated carbocycles. The second-order valence-corrected chi connectivity index (χ2v) is 8.02. The van der Waals surface area contributed by atoms with Crippen molar-refractivity contribution in [3.05, 3.63) is 57.5 Å². The highest BCUT2D eigenvalue weighted by Crippen LogP contribution is 2.27. The second-order valence-electron chi connectivity index (χ2n) is 6.70. The molecule has 0 unspecified atom stereocenters. The van der Waals surface area contributed by atoms with Gasteiger partial charge < -0.3 is 15.0 Å². The van der Waals surface area contributed by atoms with Crippen LogP contribution in [0.15, 0.2) is 46.9 Å². The highest BCUT2D eigenvalue weighted by atomic mass is 79.9. The largest absolute Gasteiger partial charge is 0.482 e. The van der Waals surface area contributed by atoms with Gasteiger partial charge in [0, 0.05) is 28.8 Å². The minimum absolute atomic E-state index is 0.0101. The third-order valence-electron chi connectivity index (χ3n) is 4.54. The Hall–Kier alpha value is -2.05. The van der Waals surface area contributed by atoms with Gasteiger partial charge in [-0.25, -0.2) is 0 Å². The summed E-state index contributed by atoms with van der Waals surface area (Å²) in [5.74, 6) is 0.124. The Morgan fingerprint density at radius 3 is 2.54 bits per heavy atom. The quantitative estimate of drug-likeness (QED) is 0.665. The van der Waals surface area contributed by atoms with Crippen molar-refractivity contribution in [1.29, 1.82) is 0 Å². The zero-order valence-electron chi connectivity index (χ0n) is 15.4. The van der Waals surface area contributed by atoms with Gasteiger partial charge in [-0.05, 0) is 49.2 Å². The number of ether oxygens (including phenoxy) is 1. The lowest BCUT2D eigenvalue weighted by molar-refractivity contribution is -0.118. The first-order valence-electron chi connectivity index (χ1n) is 9.30.